The van der Waals surface area contributed by atoms with Gasteiger partial charge in [-0.15, -0.1) is 0 Å². The quantitative estimate of drug-likeness (QED) is 0.724. The summed E-state index contributed by atoms with van der Waals surface area (Å²) in [5.41, 5.74) is 3.92. The van der Waals surface area contributed by atoms with Gasteiger partial charge >= 0.3 is 0 Å². The number of hydrogen-bond donors (Lipinski definition) is 2. The third-order valence-corrected chi connectivity index (χ3v) is 4.58. The monoisotopic (exact) mass is 372 g/mol. The summed E-state index contributed by atoms with van der Waals surface area (Å²) in [5, 5.41) is 8.84. The van der Waals surface area contributed by atoms with Crippen molar-refractivity contribution in [1.29, 1.82) is 0 Å². The van der Waals surface area contributed by atoms with Crippen molar-refractivity contribution in [2.45, 2.75) is 26.2 Å². The molecule has 5 nitrogen and oxygen atoms in total. The largest absolute Gasteiger partial charge is 0.364 e. The summed E-state index contributed by atoms with van der Waals surface area (Å²) in [6.07, 6.45) is 1.88. The predicted octanol–water partition coefficient (Wildman–Crippen LogP) is 2.90. The highest BCUT2D eigenvalue weighted by Gasteiger charge is 2.20. The Morgan fingerprint density at radius 3 is 2.46 bits per heavy atom. The number of benzene rings is 1. The van der Waals surface area contributed by atoms with Crippen molar-refractivity contribution in [3.63, 3.8) is 0 Å². The summed E-state index contributed by atoms with van der Waals surface area (Å²) in [7, 11) is 4.30. The van der Waals surface area contributed by atoms with Crippen LogP contribution in [-0.2, 0) is 5.41 Å². The van der Waals surface area contributed by atoms with E-state index in [9.17, 15) is 0 Å². The topological polar surface area (TPSA) is 46.7 Å². The average Bonchev–Trinajstić information content (AvgIpc) is 2.98. The third-order valence-electron chi connectivity index (χ3n) is 4.33. The lowest BCUT2D eigenvalue weighted by Crippen LogP contribution is -3.06. The van der Waals surface area contributed by atoms with Gasteiger partial charge in [-0.2, -0.15) is 9.61 Å². The Morgan fingerprint density at radius 2 is 1.85 bits per heavy atom. The number of nitrogens with one attached hydrogen (secondary N) is 2. The maximum Gasteiger partial charge on any atom is 0.165 e. The molecule has 0 atom stereocenters. The molecule has 6 heteroatoms. The highest BCUT2D eigenvalue weighted by atomic mass is 35.5. The van der Waals surface area contributed by atoms with Gasteiger partial charge in [0.1, 0.15) is 5.82 Å². The van der Waals surface area contributed by atoms with E-state index in [1.54, 1.807) is 0 Å². The second-order valence-corrected chi connectivity index (χ2v) is 8.40. The molecule has 3 rings (SSSR count). The molecule has 0 radical (unpaired) electrons. The minimum Gasteiger partial charge on any atom is -0.364 e. The van der Waals surface area contributed by atoms with Crippen molar-refractivity contribution >= 4 is 23.1 Å². The number of hydrogen-bond acceptors (Lipinski definition) is 3. The van der Waals surface area contributed by atoms with E-state index in [4.69, 9.17) is 16.6 Å². The molecule has 2 N–H and O–H groups in total. The van der Waals surface area contributed by atoms with Gasteiger partial charge in [-0.25, -0.2) is 4.98 Å². The Balaban J connectivity index is 2.10. The van der Waals surface area contributed by atoms with E-state index in [0.717, 1.165) is 46.4 Å². The zero-order valence-corrected chi connectivity index (χ0v) is 16.9. The van der Waals surface area contributed by atoms with E-state index >= 15 is 0 Å². The number of halogens is 1. The summed E-state index contributed by atoms with van der Waals surface area (Å²) in [5.74, 6) is 0.974. The highest BCUT2D eigenvalue weighted by molar-refractivity contribution is 6.30. The first-order valence-electron chi connectivity index (χ1n) is 8.94. The van der Waals surface area contributed by atoms with Gasteiger partial charge in [-0.1, -0.05) is 44.5 Å². The van der Waals surface area contributed by atoms with Crippen molar-refractivity contribution in [2.24, 2.45) is 0 Å². The van der Waals surface area contributed by atoms with Crippen LogP contribution in [0.1, 0.15) is 26.5 Å². The molecule has 26 heavy (non-hydrogen) atoms. The number of rotatable bonds is 5. The molecule has 0 unspecified atom stereocenters. The fourth-order valence-corrected chi connectivity index (χ4v) is 2.87. The number of fused-ring (bicyclic) bond motifs is 1. The summed E-state index contributed by atoms with van der Waals surface area (Å²) in [6.45, 7) is 8.44. The van der Waals surface area contributed by atoms with Gasteiger partial charge in [-0.05, 0) is 17.7 Å². The van der Waals surface area contributed by atoms with Crippen molar-refractivity contribution in [3.05, 3.63) is 47.2 Å². The molecule has 1 aromatic carbocycles. The molecule has 0 aliphatic carbocycles. The number of nitrogens with zero attached hydrogens (tertiary/aromatic N) is 3. The molecule has 138 valence electrons. The first-order chi connectivity index (χ1) is 12.3. The van der Waals surface area contributed by atoms with E-state index in [2.05, 4.69) is 51.3 Å². The zero-order chi connectivity index (χ0) is 18.9. The van der Waals surface area contributed by atoms with Gasteiger partial charge in [0.25, 0.3) is 0 Å². The standard InChI is InChI=1S/C20H26ClN5/c1-20(2,3)17-12-18(22-10-11-25(4)5)26-19(24-17)16(13-23-26)14-6-8-15(21)9-7-14/h6-9,12-13,22H,10-11H2,1-5H3/p+1. The van der Waals surface area contributed by atoms with Crippen LogP contribution in [0, 0.1) is 0 Å². The Kier molecular flexibility index (Phi) is 5.21. The molecule has 2 heterocycles. The summed E-state index contributed by atoms with van der Waals surface area (Å²) < 4.78 is 1.89. The molecule has 2 aromatic heterocycles. The van der Waals surface area contributed by atoms with Crippen LogP contribution < -0.4 is 10.2 Å². The number of aromatic nitrogens is 3. The van der Waals surface area contributed by atoms with E-state index in [0.29, 0.717) is 0 Å². The summed E-state index contributed by atoms with van der Waals surface area (Å²) in [6, 6.07) is 9.91. The molecule has 0 aliphatic rings. The van der Waals surface area contributed by atoms with Crippen molar-refractivity contribution in [3.8, 4) is 11.1 Å². The fraction of sp³-hybridized carbons (Fsp3) is 0.400. The van der Waals surface area contributed by atoms with Crippen LogP contribution in [0.4, 0.5) is 5.82 Å². The molecule has 3 aromatic rings. The molecule has 0 aliphatic heterocycles. The zero-order valence-electron chi connectivity index (χ0n) is 16.1. The van der Waals surface area contributed by atoms with Crippen LogP contribution in [0.5, 0.6) is 0 Å². The van der Waals surface area contributed by atoms with E-state index in [1.807, 2.05) is 35.0 Å². The molecular weight excluding hydrogens is 346 g/mol. The van der Waals surface area contributed by atoms with Gasteiger partial charge < -0.3 is 10.2 Å². The third kappa shape index (κ3) is 4.00. The van der Waals surface area contributed by atoms with Crippen molar-refractivity contribution in [1.82, 2.24) is 14.6 Å². The van der Waals surface area contributed by atoms with Gasteiger partial charge in [0.15, 0.2) is 5.65 Å². The van der Waals surface area contributed by atoms with E-state index < -0.39 is 0 Å². The Bertz CT molecular complexity index is 891. The lowest BCUT2D eigenvalue weighted by Gasteiger charge is -2.20. The van der Waals surface area contributed by atoms with Crippen LogP contribution >= 0.6 is 11.6 Å². The van der Waals surface area contributed by atoms with Crippen LogP contribution in [0.25, 0.3) is 16.8 Å². The van der Waals surface area contributed by atoms with Crippen LogP contribution in [-0.4, -0.2) is 41.8 Å². The lowest BCUT2D eigenvalue weighted by molar-refractivity contribution is -0.856. The minimum atomic E-state index is -0.0491. The van der Waals surface area contributed by atoms with E-state index in [-0.39, 0.29) is 5.41 Å². The molecule has 0 saturated carbocycles. The molecule has 0 amide bonds. The Hall–Kier alpha value is -2.11. The Labute approximate surface area is 160 Å². The van der Waals surface area contributed by atoms with Gasteiger partial charge in [0, 0.05) is 22.1 Å². The number of quaternary nitrogens is 1. The number of likely N-dealkylation sites (N-methyl/N-ethyl adjacent to an activating group) is 1. The SMILES string of the molecule is C[NH+](C)CCNc1cc(C(C)(C)C)nc2c(-c3ccc(Cl)cc3)cnn12. The molecule has 0 saturated heterocycles. The second-order valence-electron chi connectivity index (χ2n) is 7.96. The second kappa shape index (κ2) is 7.25. The minimum absolute atomic E-state index is 0.0491. The van der Waals surface area contributed by atoms with Gasteiger partial charge in [0.05, 0.1) is 39.1 Å². The van der Waals surface area contributed by atoms with Crippen molar-refractivity contribution in [2.75, 3.05) is 32.5 Å². The summed E-state index contributed by atoms with van der Waals surface area (Å²) >= 11 is 6.04. The normalized spacial score (nSPS) is 12.1. The van der Waals surface area contributed by atoms with Gasteiger partial charge in [0.2, 0.25) is 0 Å². The first-order valence-corrected chi connectivity index (χ1v) is 9.31. The molecule has 0 spiro atoms. The summed E-state index contributed by atoms with van der Waals surface area (Å²) in [4.78, 5) is 6.34. The Morgan fingerprint density at radius 1 is 1.15 bits per heavy atom. The first kappa shape index (κ1) is 18.7. The fourth-order valence-electron chi connectivity index (χ4n) is 2.75. The van der Waals surface area contributed by atoms with Crippen molar-refractivity contribution < 1.29 is 4.90 Å². The maximum absolute atomic E-state index is 6.04. The number of anilines is 1. The molecular formula is C20H27ClN5+. The van der Waals surface area contributed by atoms with Gasteiger partial charge in [-0.3, -0.25) is 0 Å². The van der Waals surface area contributed by atoms with Crippen LogP contribution in [0.3, 0.4) is 0 Å². The molecule has 0 fully saturated rings. The van der Waals surface area contributed by atoms with Crippen LogP contribution in [0.2, 0.25) is 5.02 Å². The smallest absolute Gasteiger partial charge is 0.165 e. The molecule has 0 bridgehead atoms. The highest BCUT2D eigenvalue weighted by Crippen LogP contribution is 2.30. The maximum atomic E-state index is 6.04. The lowest BCUT2D eigenvalue weighted by atomic mass is 9.92. The van der Waals surface area contributed by atoms with E-state index in [1.165, 1.54) is 4.90 Å². The average molecular weight is 373 g/mol. The van der Waals surface area contributed by atoms with Crippen LogP contribution in [0.15, 0.2) is 36.5 Å². The predicted molar refractivity (Wildman–Crippen MR) is 108 cm³/mol.